The SMILES string of the molecule is C.C.CCc1cc2ccc([C@@](C)(C#N)Cc3nc(OC)cc(OC)n3)cc2[nH]c1=O.CCc1cc2ccc([C@](C)(C#N)Cc3nc(OC)cc(OC)n3)cc2[nH]c1=O. The summed E-state index contributed by atoms with van der Waals surface area (Å²) in [6.07, 6.45) is 1.86. The Morgan fingerprint density at radius 1 is 0.569 bits per heavy atom. The minimum absolute atomic E-state index is 0. The van der Waals surface area contributed by atoms with Crippen molar-refractivity contribution in [3.05, 3.63) is 115 Å². The number of aromatic amines is 2. The number of aromatic nitrogens is 6. The minimum Gasteiger partial charge on any atom is -0.481 e. The van der Waals surface area contributed by atoms with Crippen molar-refractivity contribution >= 4 is 21.8 Å². The van der Waals surface area contributed by atoms with Gasteiger partial charge in [-0.25, -0.2) is 0 Å². The van der Waals surface area contributed by atoms with Crippen LogP contribution >= 0.6 is 0 Å². The predicted molar refractivity (Wildman–Crippen MR) is 225 cm³/mol. The number of nitrogens with zero attached hydrogens (tertiary/aromatic N) is 6. The normalized spacial score (nSPS) is 12.5. The maximum absolute atomic E-state index is 12.2. The molecule has 0 amide bonds. The van der Waals surface area contributed by atoms with Crippen LogP contribution in [0.15, 0.2) is 70.3 Å². The lowest BCUT2D eigenvalue weighted by Gasteiger charge is -2.22. The van der Waals surface area contributed by atoms with Gasteiger partial charge in [0.05, 0.1) is 63.5 Å². The van der Waals surface area contributed by atoms with E-state index in [1.165, 1.54) is 28.4 Å². The van der Waals surface area contributed by atoms with Crippen molar-refractivity contribution in [2.75, 3.05) is 28.4 Å². The number of pyridine rings is 2. The first-order valence-electron chi connectivity index (χ1n) is 17.9. The van der Waals surface area contributed by atoms with Gasteiger partial charge in [-0.1, -0.05) is 53.0 Å². The number of nitriles is 2. The third kappa shape index (κ3) is 9.95. The van der Waals surface area contributed by atoms with Crippen molar-refractivity contribution in [1.29, 1.82) is 10.5 Å². The monoisotopic (exact) mass is 788 g/mol. The van der Waals surface area contributed by atoms with E-state index < -0.39 is 10.8 Å². The molecule has 0 radical (unpaired) electrons. The number of hydrogen-bond acceptors (Lipinski definition) is 12. The molecule has 4 heterocycles. The second-order valence-electron chi connectivity index (χ2n) is 13.5. The van der Waals surface area contributed by atoms with Crippen LogP contribution in [-0.2, 0) is 36.5 Å². The van der Waals surface area contributed by atoms with E-state index in [4.69, 9.17) is 18.9 Å². The molecule has 6 rings (SSSR count). The van der Waals surface area contributed by atoms with Gasteiger partial charge in [-0.2, -0.15) is 30.5 Å². The van der Waals surface area contributed by atoms with Crippen molar-refractivity contribution in [2.24, 2.45) is 0 Å². The van der Waals surface area contributed by atoms with Crippen LogP contribution < -0.4 is 30.1 Å². The Morgan fingerprint density at radius 3 is 1.17 bits per heavy atom. The van der Waals surface area contributed by atoms with E-state index in [1.54, 1.807) is 12.1 Å². The van der Waals surface area contributed by atoms with E-state index in [0.717, 1.165) is 33.0 Å². The third-order valence-corrected chi connectivity index (χ3v) is 9.69. The van der Waals surface area contributed by atoms with Crippen LogP contribution in [0.4, 0.5) is 0 Å². The predicted octanol–water partition coefficient (Wildman–Crippen LogP) is 7.12. The molecule has 0 unspecified atom stereocenters. The smallest absolute Gasteiger partial charge is 0.251 e. The lowest BCUT2D eigenvalue weighted by atomic mass is 9.80. The Morgan fingerprint density at radius 2 is 0.897 bits per heavy atom. The Balaban J connectivity index is 0.000000300. The van der Waals surface area contributed by atoms with Crippen LogP contribution in [-0.4, -0.2) is 58.3 Å². The van der Waals surface area contributed by atoms with Gasteiger partial charge in [0.1, 0.15) is 11.6 Å². The Hall–Kier alpha value is -6.80. The lowest BCUT2D eigenvalue weighted by molar-refractivity contribution is 0.365. The fourth-order valence-electron chi connectivity index (χ4n) is 6.22. The summed E-state index contributed by atoms with van der Waals surface area (Å²) < 4.78 is 20.8. The number of nitrogens with one attached hydrogen (secondary N) is 2. The van der Waals surface area contributed by atoms with Crippen molar-refractivity contribution in [3.8, 4) is 35.7 Å². The molecule has 14 heteroatoms. The molecule has 4 aromatic heterocycles. The summed E-state index contributed by atoms with van der Waals surface area (Å²) >= 11 is 0. The summed E-state index contributed by atoms with van der Waals surface area (Å²) in [5.74, 6) is 2.37. The summed E-state index contributed by atoms with van der Waals surface area (Å²) in [5.41, 5.74) is 2.41. The number of methoxy groups -OCH3 is 4. The molecule has 0 aliphatic carbocycles. The van der Waals surface area contributed by atoms with Crippen molar-refractivity contribution < 1.29 is 18.9 Å². The summed E-state index contributed by atoms with van der Waals surface area (Å²) in [5, 5.41) is 21.7. The maximum atomic E-state index is 12.2. The summed E-state index contributed by atoms with van der Waals surface area (Å²) in [6, 6.07) is 23.0. The van der Waals surface area contributed by atoms with E-state index in [0.29, 0.717) is 59.0 Å². The molecule has 0 spiro atoms. The average molecular weight is 789 g/mol. The van der Waals surface area contributed by atoms with Gasteiger partial charge in [0.2, 0.25) is 23.5 Å². The second-order valence-corrected chi connectivity index (χ2v) is 13.5. The van der Waals surface area contributed by atoms with Crippen molar-refractivity contribution in [3.63, 3.8) is 0 Å². The molecule has 14 nitrogen and oxygen atoms in total. The Labute approximate surface area is 338 Å². The zero-order chi connectivity index (χ0) is 40.6. The fraction of sp³-hybridized carbons (Fsp3) is 0.364. The van der Waals surface area contributed by atoms with Gasteiger partial charge in [0.15, 0.2) is 0 Å². The largest absolute Gasteiger partial charge is 0.481 e. The minimum atomic E-state index is -0.897. The fourth-order valence-corrected chi connectivity index (χ4v) is 6.22. The number of fused-ring (bicyclic) bond motifs is 2. The van der Waals surface area contributed by atoms with Crippen molar-refractivity contribution in [2.45, 2.75) is 79.1 Å². The molecular weight excluding hydrogens is 737 g/mol. The van der Waals surface area contributed by atoms with E-state index in [2.05, 4.69) is 42.0 Å². The number of ether oxygens (including phenoxy) is 4. The highest BCUT2D eigenvalue weighted by molar-refractivity contribution is 5.81. The first-order chi connectivity index (χ1) is 26.8. The highest BCUT2D eigenvalue weighted by Crippen LogP contribution is 2.32. The highest BCUT2D eigenvalue weighted by Gasteiger charge is 2.31. The Bertz CT molecular complexity index is 2370. The molecule has 58 heavy (non-hydrogen) atoms. The van der Waals surface area contributed by atoms with Gasteiger partial charge in [-0.15, -0.1) is 0 Å². The molecule has 0 fully saturated rings. The molecule has 0 saturated carbocycles. The van der Waals surface area contributed by atoms with Crippen LogP contribution in [0.3, 0.4) is 0 Å². The second kappa shape index (κ2) is 19.4. The summed E-state index contributed by atoms with van der Waals surface area (Å²) in [4.78, 5) is 47.5. The molecule has 2 aromatic carbocycles. The average Bonchev–Trinajstić information content (AvgIpc) is 3.22. The Kier molecular flexibility index (Phi) is 15.2. The third-order valence-electron chi connectivity index (χ3n) is 9.69. The first-order valence-corrected chi connectivity index (χ1v) is 17.9. The van der Waals surface area contributed by atoms with Gasteiger partial charge in [0, 0.05) is 35.0 Å². The zero-order valence-corrected chi connectivity index (χ0v) is 32.7. The van der Waals surface area contributed by atoms with Gasteiger partial charge >= 0.3 is 0 Å². The van der Waals surface area contributed by atoms with Crippen LogP contribution in [0.5, 0.6) is 23.5 Å². The van der Waals surface area contributed by atoms with Gasteiger partial charge < -0.3 is 28.9 Å². The molecule has 304 valence electrons. The van der Waals surface area contributed by atoms with E-state index in [-0.39, 0.29) is 38.8 Å². The zero-order valence-electron chi connectivity index (χ0n) is 32.7. The van der Waals surface area contributed by atoms with Crippen LogP contribution in [0.1, 0.15) is 76.5 Å². The van der Waals surface area contributed by atoms with Crippen LogP contribution in [0, 0.1) is 22.7 Å². The molecule has 0 bridgehead atoms. The van der Waals surface area contributed by atoms with E-state index >= 15 is 0 Å². The molecule has 0 saturated heterocycles. The molecule has 6 aromatic rings. The van der Waals surface area contributed by atoms with E-state index in [1.807, 2.05) is 76.2 Å². The van der Waals surface area contributed by atoms with Crippen molar-refractivity contribution in [1.82, 2.24) is 29.9 Å². The summed E-state index contributed by atoms with van der Waals surface area (Å²) in [6.45, 7) is 7.53. The van der Waals surface area contributed by atoms with E-state index in [9.17, 15) is 20.1 Å². The van der Waals surface area contributed by atoms with Gasteiger partial charge in [-0.3, -0.25) is 9.59 Å². The highest BCUT2D eigenvalue weighted by atomic mass is 16.5. The number of rotatable bonds is 12. The number of H-pyrrole nitrogens is 2. The molecule has 0 aliphatic heterocycles. The topological polar surface area (TPSA) is 202 Å². The molecular formula is C44H52N8O6. The number of benzene rings is 2. The number of aryl methyl sites for hydroxylation is 2. The lowest BCUT2D eigenvalue weighted by Crippen LogP contribution is -2.24. The summed E-state index contributed by atoms with van der Waals surface area (Å²) in [7, 11) is 6.05. The molecule has 0 aliphatic rings. The molecule has 2 atom stereocenters. The first kappa shape index (κ1) is 45.6. The van der Waals surface area contributed by atoms with Gasteiger partial charge in [0.25, 0.3) is 11.1 Å². The van der Waals surface area contributed by atoms with Gasteiger partial charge in [-0.05, 0) is 72.9 Å². The van der Waals surface area contributed by atoms with Crippen LogP contribution in [0.2, 0.25) is 0 Å². The number of hydrogen-bond donors (Lipinski definition) is 2. The van der Waals surface area contributed by atoms with Crippen LogP contribution in [0.25, 0.3) is 21.8 Å². The maximum Gasteiger partial charge on any atom is 0.251 e. The standard InChI is InChI=1S/2C21H22N4O3.2CH4/c2*1-5-13-8-14-6-7-15(9-16(14)23-20(13)26)21(2,12-22)11-17-24-18(27-3)10-19(25-17)28-4;;/h2*6-10H,5,11H2,1-4H3,(H,23,26);2*1H4/t2*21-;;/m10../s1. The quantitative estimate of drug-likeness (QED) is 0.127. The molecule has 2 N–H and O–H groups in total.